The SMILES string of the molecule is [K+].[K+].[K+].[O-][Si]([O-])([O-])Oc1ccccc1. The normalized spacial score (nSPS) is 8.79. The van der Waals surface area contributed by atoms with Crippen LogP contribution in [0.1, 0.15) is 0 Å². The third-order valence-electron chi connectivity index (χ3n) is 0.986. The van der Waals surface area contributed by atoms with Gasteiger partial charge in [0, 0.05) is 0 Å². The van der Waals surface area contributed by atoms with Crippen molar-refractivity contribution >= 4 is 9.05 Å². The van der Waals surface area contributed by atoms with Gasteiger partial charge in [-0.1, -0.05) is 18.2 Å². The second-order valence-corrected chi connectivity index (χ2v) is 3.12. The van der Waals surface area contributed by atoms with Crippen molar-refractivity contribution in [3.05, 3.63) is 30.3 Å². The molecule has 4 nitrogen and oxygen atoms in total. The van der Waals surface area contributed by atoms with E-state index in [-0.39, 0.29) is 160 Å². The van der Waals surface area contributed by atoms with Crippen molar-refractivity contribution in [1.82, 2.24) is 0 Å². The molecule has 14 heavy (non-hydrogen) atoms. The van der Waals surface area contributed by atoms with Crippen molar-refractivity contribution in [3.63, 3.8) is 0 Å². The Balaban J connectivity index is -0.000000403. The molecule has 60 valence electrons. The van der Waals surface area contributed by atoms with E-state index < -0.39 is 9.05 Å². The van der Waals surface area contributed by atoms with Gasteiger partial charge in [0.15, 0.2) is 0 Å². The smallest absolute Gasteiger partial charge is 0.851 e. The molecule has 0 N–H and O–H groups in total. The molecule has 0 saturated carbocycles. The largest absolute Gasteiger partial charge is 1.00 e. The van der Waals surface area contributed by atoms with Crippen LogP contribution >= 0.6 is 0 Å². The molecule has 0 heterocycles. The van der Waals surface area contributed by atoms with Crippen molar-refractivity contribution in [1.29, 1.82) is 0 Å². The maximum Gasteiger partial charge on any atom is 1.00 e. The summed E-state index contributed by atoms with van der Waals surface area (Å²) in [6.07, 6.45) is 0. The first kappa shape index (κ1) is 23.1. The van der Waals surface area contributed by atoms with Crippen LogP contribution in [-0.2, 0) is 0 Å². The molecule has 0 aliphatic carbocycles. The average Bonchev–Trinajstić information content (AvgIpc) is 1.85. The van der Waals surface area contributed by atoms with Crippen LogP contribution in [0.2, 0.25) is 0 Å². The zero-order chi connectivity index (χ0) is 8.32. The quantitative estimate of drug-likeness (QED) is 0.506. The average molecular weight is 286 g/mol. The van der Waals surface area contributed by atoms with Gasteiger partial charge in [0.1, 0.15) is 0 Å². The first-order valence-electron chi connectivity index (χ1n) is 2.93. The summed E-state index contributed by atoms with van der Waals surface area (Å²) in [6, 6.07) is 7.65. The summed E-state index contributed by atoms with van der Waals surface area (Å²) >= 11 is 0. The van der Waals surface area contributed by atoms with E-state index in [9.17, 15) is 14.4 Å². The first-order chi connectivity index (χ1) is 5.08. The molecular formula is C6H5K3O4Si. The van der Waals surface area contributed by atoms with Gasteiger partial charge < -0.3 is 18.8 Å². The molecule has 0 atom stereocenters. The zero-order valence-corrected chi connectivity index (χ0v) is 18.9. The van der Waals surface area contributed by atoms with Crippen LogP contribution in [0.4, 0.5) is 0 Å². The molecule has 0 spiro atoms. The monoisotopic (exact) mass is 286 g/mol. The minimum atomic E-state index is -5.15. The van der Waals surface area contributed by atoms with E-state index in [1.807, 2.05) is 0 Å². The maximum absolute atomic E-state index is 10.1. The summed E-state index contributed by atoms with van der Waals surface area (Å²) in [5.41, 5.74) is 0. The minimum absolute atomic E-state index is 0. The standard InChI is InChI=1S/C6H5O4Si.3K/c7-11(8,9)10-6-4-2-1-3-5-6;;;/h1-5H;;;/q-3;3*+1. The number of benzene rings is 1. The van der Waals surface area contributed by atoms with Gasteiger partial charge in [0.25, 0.3) is 0 Å². The second-order valence-electron chi connectivity index (χ2n) is 1.92. The molecule has 0 aromatic heterocycles. The van der Waals surface area contributed by atoms with Gasteiger partial charge >= 0.3 is 154 Å². The zero-order valence-electron chi connectivity index (χ0n) is 8.52. The van der Waals surface area contributed by atoms with Crippen molar-refractivity contribution in [3.8, 4) is 5.75 Å². The van der Waals surface area contributed by atoms with Gasteiger partial charge in [-0.15, -0.1) is 0 Å². The van der Waals surface area contributed by atoms with Crippen LogP contribution in [0, 0.1) is 0 Å². The summed E-state index contributed by atoms with van der Waals surface area (Å²) in [4.78, 5) is 30.2. The van der Waals surface area contributed by atoms with E-state index in [1.165, 1.54) is 12.1 Å². The van der Waals surface area contributed by atoms with E-state index in [0.717, 1.165) is 0 Å². The van der Waals surface area contributed by atoms with Crippen molar-refractivity contribution < 1.29 is 173 Å². The molecule has 0 aliphatic heterocycles. The van der Waals surface area contributed by atoms with Crippen LogP contribution in [0.15, 0.2) is 30.3 Å². The van der Waals surface area contributed by atoms with E-state index in [4.69, 9.17) is 0 Å². The van der Waals surface area contributed by atoms with Crippen molar-refractivity contribution in [2.24, 2.45) is 0 Å². The van der Waals surface area contributed by atoms with Crippen LogP contribution in [0.3, 0.4) is 0 Å². The predicted octanol–water partition coefficient (Wildman–Crippen LogP) is -11.4. The molecule has 1 rings (SSSR count). The van der Waals surface area contributed by atoms with Crippen molar-refractivity contribution in [2.75, 3.05) is 0 Å². The Kier molecular flexibility index (Phi) is 20.0. The summed E-state index contributed by atoms with van der Waals surface area (Å²) in [6.45, 7) is 0. The third kappa shape index (κ3) is 12.5. The van der Waals surface area contributed by atoms with E-state index in [0.29, 0.717) is 0 Å². The van der Waals surface area contributed by atoms with Crippen LogP contribution < -0.4 is 173 Å². The summed E-state index contributed by atoms with van der Waals surface area (Å²) < 4.78 is 4.07. The third-order valence-corrected chi connectivity index (χ3v) is 1.47. The van der Waals surface area contributed by atoms with Gasteiger partial charge in [-0.3, -0.25) is 0 Å². The maximum atomic E-state index is 10.1. The molecular weight excluding hydrogens is 281 g/mol. The molecule has 1 aromatic carbocycles. The van der Waals surface area contributed by atoms with Crippen LogP contribution in [-0.4, -0.2) is 9.05 Å². The minimum Gasteiger partial charge on any atom is -0.851 e. The summed E-state index contributed by atoms with van der Waals surface area (Å²) in [7, 11) is -5.15. The van der Waals surface area contributed by atoms with E-state index >= 15 is 0 Å². The first-order valence-corrected chi connectivity index (χ1v) is 4.56. The summed E-state index contributed by atoms with van der Waals surface area (Å²) in [5.74, 6) is 0.0548. The van der Waals surface area contributed by atoms with Gasteiger partial charge in [-0.2, -0.15) is 0 Å². The fraction of sp³-hybridized carbons (Fsp3) is 0. The molecule has 1 aromatic rings. The van der Waals surface area contributed by atoms with E-state index in [1.54, 1.807) is 18.2 Å². The van der Waals surface area contributed by atoms with Gasteiger partial charge in [-0.05, 0) is 21.2 Å². The second kappa shape index (κ2) is 12.1. The van der Waals surface area contributed by atoms with E-state index in [2.05, 4.69) is 4.43 Å². The number of hydrogen-bond donors (Lipinski definition) is 0. The topological polar surface area (TPSA) is 78.4 Å². The molecule has 0 unspecified atom stereocenters. The fourth-order valence-corrected chi connectivity index (χ4v) is 1.06. The Labute approximate surface area is 212 Å². The Hall–Kier alpha value is 4.03. The molecule has 8 heteroatoms. The number of rotatable bonds is 2. The van der Waals surface area contributed by atoms with Gasteiger partial charge in [-0.25, -0.2) is 0 Å². The Bertz CT molecular complexity index is 228. The Morgan fingerprint density at radius 3 is 1.64 bits per heavy atom. The molecule has 0 aliphatic rings. The number of hydrogen-bond acceptors (Lipinski definition) is 4. The molecule has 0 fully saturated rings. The molecule has 0 bridgehead atoms. The predicted molar refractivity (Wildman–Crippen MR) is 32.8 cm³/mol. The molecule has 0 radical (unpaired) electrons. The molecule has 0 amide bonds. The Morgan fingerprint density at radius 2 is 1.29 bits per heavy atom. The number of para-hydroxylation sites is 1. The van der Waals surface area contributed by atoms with Gasteiger partial charge in [0.05, 0.1) is 5.75 Å². The van der Waals surface area contributed by atoms with Gasteiger partial charge in [0.2, 0.25) is 0 Å². The Morgan fingerprint density at radius 1 is 0.857 bits per heavy atom. The summed E-state index contributed by atoms with van der Waals surface area (Å²) in [5, 5.41) is 0. The van der Waals surface area contributed by atoms with Crippen LogP contribution in [0.5, 0.6) is 5.75 Å². The van der Waals surface area contributed by atoms with Crippen LogP contribution in [0.25, 0.3) is 0 Å². The fourth-order valence-electron chi connectivity index (χ4n) is 0.633. The molecule has 0 saturated heterocycles. The van der Waals surface area contributed by atoms with Crippen molar-refractivity contribution in [2.45, 2.75) is 0 Å².